The molecule has 2 aromatic rings. The van der Waals surface area contributed by atoms with Gasteiger partial charge in [0, 0.05) is 0 Å². The number of nitrogens with zero attached hydrogens (tertiary/aromatic N) is 1. The van der Waals surface area contributed by atoms with Gasteiger partial charge in [0.05, 0.1) is 17.9 Å². The predicted molar refractivity (Wildman–Crippen MR) is 100 cm³/mol. The van der Waals surface area contributed by atoms with Crippen LogP contribution in [0.2, 0.25) is 0 Å². The Hall–Kier alpha value is -3.08. The number of aliphatic hydroxyl groups is 1. The smallest absolute Gasteiger partial charge is 0.301 e. The van der Waals surface area contributed by atoms with E-state index >= 15 is 0 Å². The molecule has 0 fully saturated rings. The molecule has 0 aliphatic carbocycles. The largest absolute Gasteiger partial charge is 0.502 e. The summed E-state index contributed by atoms with van der Waals surface area (Å²) in [7, 11) is 0. The van der Waals surface area contributed by atoms with Crippen LogP contribution in [0.3, 0.4) is 0 Å². The van der Waals surface area contributed by atoms with Crippen molar-refractivity contribution in [2.45, 2.75) is 26.7 Å². The van der Waals surface area contributed by atoms with Crippen molar-refractivity contribution in [1.82, 2.24) is 0 Å². The average Bonchev–Trinajstić information content (AvgIpc) is 2.85. The molecule has 0 unspecified atom stereocenters. The molecule has 26 heavy (non-hydrogen) atoms. The maximum Gasteiger partial charge on any atom is 0.301 e. The lowest BCUT2D eigenvalue weighted by atomic mass is 10.0. The number of carbonyl (C=O) groups is 2. The van der Waals surface area contributed by atoms with Gasteiger partial charge in [-0.25, -0.2) is 4.90 Å². The third-order valence-electron chi connectivity index (χ3n) is 4.33. The fourth-order valence-electron chi connectivity index (χ4n) is 2.91. The summed E-state index contributed by atoms with van der Waals surface area (Å²) < 4.78 is 5.38. The lowest BCUT2D eigenvalue weighted by Gasteiger charge is -2.16. The van der Waals surface area contributed by atoms with Crippen molar-refractivity contribution < 1.29 is 19.4 Å². The van der Waals surface area contributed by atoms with E-state index in [0.29, 0.717) is 29.5 Å². The number of hydrogen-bond donors (Lipinski definition) is 1. The number of carbonyl (C=O) groups excluding carboxylic acids is 2. The van der Waals surface area contributed by atoms with Gasteiger partial charge in [-0.1, -0.05) is 38.1 Å². The highest BCUT2D eigenvalue weighted by molar-refractivity contribution is 6.44. The zero-order chi connectivity index (χ0) is 18.8. The first-order chi connectivity index (χ1) is 12.4. The van der Waals surface area contributed by atoms with Gasteiger partial charge in [0.15, 0.2) is 5.76 Å². The number of hydrogen-bond acceptors (Lipinski definition) is 4. The van der Waals surface area contributed by atoms with Crippen molar-refractivity contribution >= 4 is 23.1 Å². The third kappa shape index (κ3) is 3.08. The van der Waals surface area contributed by atoms with Gasteiger partial charge in [-0.15, -0.1) is 0 Å². The number of ether oxygens (including phenoxy) is 1. The molecular weight excluding hydrogens is 330 g/mol. The van der Waals surface area contributed by atoms with E-state index in [1.807, 2.05) is 19.1 Å². The molecule has 1 heterocycles. The molecule has 1 aliphatic heterocycles. The van der Waals surface area contributed by atoms with Gasteiger partial charge in [0.1, 0.15) is 5.75 Å². The van der Waals surface area contributed by atoms with Crippen LogP contribution < -0.4 is 9.64 Å². The van der Waals surface area contributed by atoms with Gasteiger partial charge in [0.25, 0.3) is 5.91 Å². The van der Waals surface area contributed by atoms with E-state index in [-0.39, 0.29) is 5.57 Å². The molecule has 0 radical (unpaired) electrons. The van der Waals surface area contributed by atoms with Crippen molar-refractivity contribution in [3.05, 3.63) is 65.4 Å². The summed E-state index contributed by atoms with van der Waals surface area (Å²) in [5.41, 5.74) is 2.03. The lowest BCUT2D eigenvalue weighted by molar-refractivity contribution is -0.121. The monoisotopic (exact) mass is 351 g/mol. The number of amides is 2. The first-order valence-electron chi connectivity index (χ1n) is 8.59. The maximum atomic E-state index is 12.8. The van der Waals surface area contributed by atoms with Crippen LogP contribution in [0.1, 0.15) is 37.8 Å². The van der Waals surface area contributed by atoms with Gasteiger partial charge >= 0.3 is 5.91 Å². The molecule has 0 saturated carbocycles. The highest BCUT2D eigenvalue weighted by Gasteiger charge is 2.40. The van der Waals surface area contributed by atoms with Crippen LogP contribution in [0.4, 0.5) is 5.69 Å². The van der Waals surface area contributed by atoms with Crippen LogP contribution in [-0.2, 0) is 9.59 Å². The summed E-state index contributed by atoms with van der Waals surface area (Å²) >= 11 is 0. The van der Waals surface area contributed by atoms with Crippen LogP contribution in [0, 0.1) is 0 Å². The third-order valence-corrected chi connectivity index (χ3v) is 4.33. The zero-order valence-corrected chi connectivity index (χ0v) is 15.0. The lowest BCUT2D eigenvalue weighted by Crippen LogP contribution is -2.31. The quantitative estimate of drug-likeness (QED) is 0.825. The molecule has 5 nitrogen and oxygen atoms in total. The minimum atomic E-state index is -0.712. The summed E-state index contributed by atoms with van der Waals surface area (Å²) in [6.45, 7) is 6.55. The van der Waals surface area contributed by atoms with Crippen LogP contribution in [0.15, 0.2) is 54.3 Å². The Morgan fingerprint density at radius 2 is 1.58 bits per heavy atom. The summed E-state index contributed by atoms with van der Waals surface area (Å²) in [6.07, 6.45) is 0. The number of anilines is 1. The number of rotatable bonds is 5. The molecule has 1 aliphatic rings. The second-order valence-electron chi connectivity index (χ2n) is 6.37. The number of benzene rings is 2. The average molecular weight is 351 g/mol. The Bertz CT molecular complexity index is 864. The maximum absolute atomic E-state index is 12.8. The Balaban J connectivity index is 1.92. The molecule has 134 valence electrons. The summed E-state index contributed by atoms with van der Waals surface area (Å²) in [4.78, 5) is 26.3. The van der Waals surface area contributed by atoms with E-state index < -0.39 is 17.6 Å². The van der Waals surface area contributed by atoms with E-state index in [0.717, 1.165) is 10.5 Å². The van der Waals surface area contributed by atoms with Crippen molar-refractivity contribution in [1.29, 1.82) is 0 Å². The molecule has 3 rings (SSSR count). The van der Waals surface area contributed by atoms with Crippen LogP contribution in [-0.4, -0.2) is 23.5 Å². The Kier molecular flexibility index (Phi) is 4.80. The van der Waals surface area contributed by atoms with Crippen molar-refractivity contribution in [2.75, 3.05) is 11.5 Å². The zero-order valence-electron chi connectivity index (χ0n) is 15.0. The minimum absolute atomic E-state index is 0.00554. The molecule has 0 aromatic heterocycles. The second kappa shape index (κ2) is 7.04. The van der Waals surface area contributed by atoms with E-state index in [2.05, 4.69) is 13.8 Å². The van der Waals surface area contributed by atoms with Gasteiger partial charge < -0.3 is 9.84 Å². The number of aliphatic hydroxyl groups excluding tert-OH is 1. The van der Waals surface area contributed by atoms with Gasteiger partial charge in [-0.05, 0) is 48.2 Å². The van der Waals surface area contributed by atoms with E-state index in [4.69, 9.17) is 4.74 Å². The standard InChI is InChI=1S/C21H21NO4/c1-4-26-17-11-7-15(8-12-17)18-19(23)21(25)22(20(18)24)16-9-5-14(6-10-16)13(2)3/h5-13,23H,4H2,1-3H3. The second-order valence-corrected chi connectivity index (χ2v) is 6.37. The first-order valence-corrected chi connectivity index (χ1v) is 8.59. The van der Waals surface area contributed by atoms with Crippen LogP contribution in [0.25, 0.3) is 5.57 Å². The highest BCUT2D eigenvalue weighted by Crippen LogP contribution is 2.33. The van der Waals surface area contributed by atoms with Gasteiger partial charge in [-0.3, -0.25) is 9.59 Å². The van der Waals surface area contributed by atoms with E-state index in [1.165, 1.54) is 0 Å². The molecule has 0 atom stereocenters. The molecule has 5 heteroatoms. The molecule has 0 spiro atoms. The molecule has 2 amide bonds. The summed E-state index contributed by atoms with van der Waals surface area (Å²) in [5.74, 6) is -0.772. The Morgan fingerprint density at radius 1 is 0.962 bits per heavy atom. The van der Waals surface area contributed by atoms with Crippen LogP contribution in [0.5, 0.6) is 5.75 Å². The normalized spacial score (nSPS) is 14.5. The molecule has 0 bridgehead atoms. The van der Waals surface area contributed by atoms with Gasteiger partial charge in [0.2, 0.25) is 0 Å². The minimum Gasteiger partial charge on any atom is -0.502 e. The van der Waals surface area contributed by atoms with E-state index in [9.17, 15) is 14.7 Å². The molecule has 1 N–H and O–H groups in total. The Morgan fingerprint density at radius 3 is 2.12 bits per heavy atom. The van der Waals surface area contributed by atoms with Crippen molar-refractivity contribution in [2.24, 2.45) is 0 Å². The number of imide groups is 1. The van der Waals surface area contributed by atoms with Crippen molar-refractivity contribution in [3.8, 4) is 5.75 Å². The molecular formula is C21H21NO4. The predicted octanol–water partition coefficient (Wildman–Crippen LogP) is 4.05. The SMILES string of the molecule is CCOc1ccc(C2=C(O)C(=O)N(c3ccc(C(C)C)cc3)C2=O)cc1. The fraction of sp³-hybridized carbons (Fsp3) is 0.238. The summed E-state index contributed by atoms with van der Waals surface area (Å²) in [5, 5.41) is 10.3. The van der Waals surface area contributed by atoms with Crippen molar-refractivity contribution in [3.63, 3.8) is 0 Å². The van der Waals surface area contributed by atoms with Crippen LogP contribution >= 0.6 is 0 Å². The summed E-state index contributed by atoms with van der Waals surface area (Å²) in [6, 6.07) is 13.9. The van der Waals surface area contributed by atoms with Gasteiger partial charge in [-0.2, -0.15) is 0 Å². The topological polar surface area (TPSA) is 66.8 Å². The Labute approximate surface area is 152 Å². The highest BCUT2D eigenvalue weighted by atomic mass is 16.5. The molecule has 0 saturated heterocycles. The fourth-order valence-corrected chi connectivity index (χ4v) is 2.91. The molecule has 2 aromatic carbocycles. The van der Waals surface area contributed by atoms with E-state index in [1.54, 1.807) is 36.4 Å². The first kappa shape index (κ1) is 17.7.